The summed E-state index contributed by atoms with van der Waals surface area (Å²) in [6, 6.07) is 4.74. The standard InChI is InChI=1S/C33H42FN5O2/c1-22-17-35-18-31-32(22)27(15-26-8-12-36(20-26)19-25-9-13-37(14-10-25)24(3)40)21-39(31)30-7-6-28(34)16-29(30)33(41)38-11-4-5-23(38)2/h6-7,16-18,21,23,25-26H,4-5,8-15,19-20H2,1-3H3/t23-,26-/m0/s1. The molecule has 0 spiro atoms. The second-order valence-electron chi connectivity index (χ2n) is 12.6. The number of pyridine rings is 1. The number of halogens is 1. The van der Waals surface area contributed by atoms with Crippen molar-refractivity contribution in [2.24, 2.45) is 11.8 Å². The van der Waals surface area contributed by atoms with Gasteiger partial charge in [0, 0.05) is 63.5 Å². The molecule has 2 atom stereocenters. The Hall–Kier alpha value is -3.26. The molecule has 6 rings (SSSR count). The molecule has 3 saturated heterocycles. The van der Waals surface area contributed by atoms with Crippen LogP contribution >= 0.6 is 0 Å². The molecule has 41 heavy (non-hydrogen) atoms. The quantitative estimate of drug-likeness (QED) is 0.416. The van der Waals surface area contributed by atoms with Crippen LogP contribution in [0, 0.1) is 24.6 Å². The first-order valence-electron chi connectivity index (χ1n) is 15.3. The van der Waals surface area contributed by atoms with Gasteiger partial charge < -0.3 is 19.3 Å². The van der Waals surface area contributed by atoms with Crippen molar-refractivity contribution < 1.29 is 14.0 Å². The molecule has 5 heterocycles. The zero-order chi connectivity index (χ0) is 28.7. The van der Waals surface area contributed by atoms with Gasteiger partial charge >= 0.3 is 0 Å². The number of rotatable bonds is 6. The molecular formula is C33H42FN5O2. The maximum absolute atomic E-state index is 14.5. The van der Waals surface area contributed by atoms with E-state index in [1.54, 1.807) is 13.0 Å². The van der Waals surface area contributed by atoms with Crippen LogP contribution in [0.1, 0.15) is 67.4 Å². The molecule has 7 nitrogen and oxygen atoms in total. The Morgan fingerprint density at radius 3 is 2.54 bits per heavy atom. The Balaban J connectivity index is 1.23. The predicted octanol–water partition coefficient (Wildman–Crippen LogP) is 5.22. The Morgan fingerprint density at radius 2 is 1.80 bits per heavy atom. The molecule has 1 aromatic carbocycles. The monoisotopic (exact) mass is 559 g/mol. The lowest BCUT2D eigenvalue weighted by Crippen LogP contribution is -2.40. The van der Waals surface area contributed by atoms with Gasteiger partial charge in [0.2, 0.25) is 5.91 Å². The van der Waals surface area contributed by atoms with Gasteiger partial charge in [0.25, 0.3) is 5.91 Å². The van der Waals surface area contributed by atoms with Crippen LogP contribution in [0.25, 0.3) is 16.6 Å². The van der Waals surface area contributed by atoms with Crippen molar-refractivity contribution in [1.29, 1.82) is 0 Å². The Kier molecular flexibility index (Phi) is 7.86. The summed E-state index contributed by atoms with van der Waals surface area (Å²) in [4.78, 5) is 36.3. The van der Waals surface area contributed by atoms with Crippen LogP contribution in [0.15, 0.2) is 36.8 Å². The molecule has 3 aliphatic heterocycles. The van der Waals surface area contributed by atoms with Gasteiger partial charge in [-0.2, -0.15) is 0 Å². The zero-order valence-electron chi connectivity index (χ0n) is 24.6. The summed E-state index contributed by atoms with van der Waals surface area (Å²) in [5.41, 5.74) is 4.46. The second kappa shape index (κ2) is 11.6. The first-order chi connectivity index (χ1) is 19.8. The minimum absolute atomic E-state index is 0.103. The van der Waals surface area contributed by atoms with Crippen LogP contribution in [0.3, 0.4) is 0 Å². The Bertz CT molecular complexity index is 1440. The van der Waals surface area contributed by atoms with Crippen LogP contribution < -0.4 is 0 Å². The van der Waals surface area contributed by atoms with E-state index in [0.717, 1.165) is 82.3 Å². The second-order valence-corrected chi connectivity index (χ2v) is 12.6. The lowest BCUT2D eigenvalue weighted by atomic mass is 9.96. The summed E-state index contributed by atoms with van der Waals surface area (Å²) in [5, 5.41) is 1.19. The van der Waals surface area contributed by atoms with Crippen molar-refractivity contribution in [3.63, 3.8) is 0 Å². The predicted molar refractivity (Wildman–Crippen MR) is 159 cm³/mol. The van der Waals surface area contributed by atoms with E-state index < -0.39 is 5.82 Å². The third kappa shape index (κ3) is 5.63. The number of benzene rings is 1. The van der Waals surface area contributed by atoms with E-state index >= 15 is 0 Å². The Morgan fingerprint density at radius 1 is 1.02 bits per heavy atom. The molecule has 3 fully saturated rings. The maximum Gasteiger partial charge on any atom is 0.256 e. The number of aromatic nitrogens is 2. The summed E-state index contributed by atoms with van der Waals surface area (Å²) in [6.45, 7) is 11.6. The van der Waals surface area contributed by atoms with Crippen LogP contribution in [-0.2, 0) is 11.2 Å². The number of nitrogens with zero attached hydrogens (tertiary/aromatic N) is 5. The third-order valence-corrected chi connectivity index (χ3v) is 9.70. The van der Waals surface area contributed by atoms with Gasteiger partial charge in [0.15, 0.2) is 0 Å². The van der Waals surface area contributed by atoms with Gasteiger partial charge in [-0.05, 0) is 100 Å². The lowest BCUT2D eigenvalue weighted by molar-refractivity contribution is -0.130. The molecule has 218 valence electrons. The van der Waals surface area contributed by atoms with Gasteiger partial charge in [-0.15, -0.1) is 0 Å². The molecule has 0 aliphatic carbocycles. The molecule has 3 aromatic rings. The minimum Gasteiger partial charge on any atom is -0.343 e. The van der Waals surface area contributed by atoms with Gasteiger partial charge in [-0.1, -0.05) is 0 Å². The number of carbonyl (C=O) groups excluding carboxylic acids is 2. The van der Waals surface area contributed by atoms with E-state index in [1.165, 1.54) is 23.1 Å². The largest absolute Gasteiger partial charge is 0.343 e. The highest BCUT2D eigenvalue weighted by molar-refractivity contribution is 5.99. The number of amides is 2. The fourth-order valence-corrected chi connectivity index (χ4v) is 7.43. The summed E-state index contributed by atoms with van der Waals surface area (Å²) in [5.74, 6) is 0.908. The van der Waals surface area contributed by atoms with Gasteiger partial charge in [-0.3, -0.25) is 14.6 Å². The third-order valence-electron chi connectivity index (χ3n) is 9.70. The molecule has 0 radical (unpaired) electrons. The normalized spacial score (nSPS) is 22.2. The Labute approximate surface area is 242 Å². The maximum atomic E-state index is 14.5. The van der Waals surface area contributed by atoms with Crippen molar-refractivity contribution >= 4 is 22.7 Å². The fourth-order valence-electron chi connectivity index (χ4n) is 7.43. The molecule has 2 amide bonds. The number of aryl methyl sites for hydroxylation is 1. The molecule has 0 unspecified atom stereocenters. The molecule has 2 aromatic heterocycles. The van der Waals surface area contributed by atoms with Gasteiger partial charge in [0.1, 0.15) is 5.82 Å². The van der Waals surface area contributed by atoms with Crippen molar-refractivity contribution in [3.05, 3.63) is 59.3 Å². The molecule has 0 N–H and O–H groups in total. The van der Waals surface area contributed by atoms with E-state index in [4.69, 9.17) is 0 Å². The minimum atomic E-state index is -0.395. The SMILES string of the molecule is CC(=O)N1CCC(CN2CC[C@@H](Cc3cn(-c4ccc(F)cc4C(=O)N4CCC[C@@H]4C)c4cncc(C)c34)C2)CC1. The van der Waals surface area contributed by atoms with E-state index in [2.05, 4.69) is 34.5 Å². The van der Waals surface area contributed by atoms with E-state index in [9.17, 15) is 14.0 Å². The summed E-state index contributed by atoms with van der Waals surface area (Å²) < 4.78 is 16.6. The number of likely N-dealkylation sites (tertiary alicyclic amines) is 3. The zero-order valence-corrected chi connectivity index (χ0v) is 24.6. The first kappa shape index (κ1) is 27.9. The number of piperidine rings is 1. The van der Waals surface area contributed by atoms with E-state index in [-0.39, 0.29) is 17.9 Å². The first-order valence-corrected chi connectivity index (χ1v) is 15.3. The summed E-state index contributed by atoms with van der Waals surface area (Å²) in [7, 11) is 0. The average molecular weight is 560 g/mol. The van der Waals surface area contributed by atoms with Crippen LogP contribution in [-0.4, -0.2) is 81.4 Å². The van der Waals surface area contributed by atoms with Gasteiger partial charge in [0.05, 0.1) is 23.0 Å². The average Bonchev–Trinajstić information content (AvgIpc) is 3.68. The number of fused-ring (bicyclic) bond motifs is 1. The van der Waals surface area contributed by atoms with Crippen molar-refractivity contribution in [2.45, 2.75) is 65.3 Å². The number of hydrogen-bond donors (Lipinski definition) is 0. The molecule has 0 bridgehead atoms. The highest BCUT2D eigenvalue weighted by Crippen LogP contribution is 2.33. The lowest BCUT2D eigenvalue weighted by Gasteiger charge is -2.33. The molecular weight excluding hydrogens is 517 g/mol. The van der Waals surface area contributed by atoms with Crippen LogP contribution in [0.2, 0.25) is 0 Å². The van der Waals surface area contributed by atoms with Crippen molar-refractivity contribution in [1.82, 2.24) is 24.3 Å². The van der Waals surface area contributed by atoms with Crippen LogP contribution in [0.5, 0.6) is 0 Å². The fraction of sp³-hybridized carbons (Fsp3) is 0.545. The van der Waals surface area contributed by atoms with Gasteiger partial charge in [-0.25, -0.2) is 4.39 Å². The topological polar surface area (TPSA) is 61.7 Å². The highest BCUT2D eigenvalue weighted by atomic mass is 19.1. The molecule has 8 heteroatoms. The molecule has 0 saturated carbocycles. The van der Waals surface area contributed by atoms with Crippen molar-refractivity contribution in [3.8, 4) is 5.69 Å². The summed E-state index contributed by atoms with van der Waals surface area (Å²) in [6.07, 6.45) is 12.2. The summed E-state index contributed by atoms with van der Waals surface area (Å²) >= 11 is 0. The van der Waals surface area contributed by atoms with Crippen LogP contribution in [0.4, 0.5) is 4.39 Å². The molecule has 3 aliphatic rings. The van der Waals surface area contributed by atoms with E-state index in [1.807, 2.05) is 22.2 Å². The van der Waals surface area contributed by atoms with E-state index in [0.29, 0.717) is 29.6 Å². The highest BCUT2D eigenvalue weighted by Gasteiger charge is 2.31. The number of hydrogen-bond acceptors (Lipinski definition) is 4. The smallest absolute Gasteiger partial charge is 0.256 e. The number of carbonyl (C=O) groups is 2. The van der Waals surface area contributed by atoms with Crippen molar-refractivity contribution in [2.75, 3.05) is 39.3 Å².